The van der Waals surface area contributed by atoms with Crippen LogP contribution < -0.4 is 10.2 Å². The first-order chi connectivity index (χ1) is 8.75. The summed E-state index contributed by atoms with van der Waals surface area (Å²) in [6, 6.07) is 1.21. The third-order valence-corrected chi connectivity index (χ3v) is 4.74. The molecule has 1 heterocycles. The van der Waals surface area contributed by atoms with Crippen molar-refractivity contribution in [2.24, 2.45) is 17.8 Å². The minimum absolute atomic E-state index is 0.234. The Labute approximate surface area is 114 Å². The number of sulfonamides is 1. The Balaban J connectivity index is 2.87. The van der Waals surface area contributed by atoms with E-state index in [1.54, 1.807) is 0 Å². The number of pyridine rings is 1. The van der Waals surface area contributed by atoms with E-state index in [9.17, 15) is 13.2 Å². The fourth-order valence-electron chi connectivity index (χ4n) is 2.14. The van der Waals surface area contributed by atoms with Gasteiger partial charge in [-0.15, -0.1) is 0 Å². The molecule has 0 aliphatic heterocycles. The van der Waals surface area contributed by atoms with Gasteiger partial charge in [-0.3, -0.25) is 4.79 Å². The summed E-state index contributed by atoms with van der Waals surface area (Å²) >= 11 is 0. The minimum atomic E-state index is -3.75. The predicted molar refractivity (Wildman–Crippen MR) is 75.4 cm³/mol. The van der Waals surface area contributed by atoms with Crippen molar-refractivity contribution in [2.45, 2.75) is 32.6 Å². The topological polar surface area (TPSA) is 79.0 Å². The Morgan fingerprint density at radius 3 is 2.26 bits per heavy atom. The van der Waals surface area contributed by atoms with Gasteiger partial charge in [0, 0.05) is 25.0 Å². The van der Waals surface area contributed by atoms with Crippen LogP contribution in [0.1, 0.15) is 27.7 Å². The first kappa shape index (κ1) is 15.9. The Bertz CT molecular complexity index is 553. The molecule has 0 bridgehead atoms. The standard InChI is InChI=1S/C13H22N2O3S/c1-9(2)11(10(3)4)7-15-19(17,18)13-8-14-6-5-12(13)16/h5-6,8-11,15H,7H2,1-4H3,(H,14,16). The summed E-state index contributed by atoms with van der Waals surface area (Å²) in [5, 5.41) is 0. The van der Waals surface area contributed by atoms with E-state index in [0.717, 1.165) is 0 Å². The van der Waals surface area contributed by atoms with Gasteiger partial charge in [-0.1, -0.05) is 27.7 Å². The Kier molecular flexibility index (Phi) is 5.31. The van der Waals surface area contributed by atoms with E-state index in [4.69, 9.17) is 0 Å². The van der Waals surface area contributed by atoms with Crippen LogP contribution in [0.4, 0.5) is 0 Å². The molecule has 0 unspecified atom stereocenters. The molecule has 0 aliphatic carbocycles. The van der Waals surface area contributed by atoms with Crippen LogP contribution in [0, 0.1) is 17.8 Å². The maximum absolute atomic E-state index is 12.1. The van der Waals surface area contributed by atoms with Gasteiger partial charge >= 0.3 is 0 Å². The lowest BCUT2D eigenvalue weighted by Gasteiger charge is -2.24. The van der Waals surface area contributed by atoms with Crippen LogP contribution in [0.25, 0.3) is 0 Å². The van der Waals surface area contributed by atoms with Gasteiger partial charge in [-0.05, 0) is 17.8 Å². The van der Waals surface area contributed by atoms with E-state index >= 15 is 0 Å². The van der Waals surface area contributed by atoms with Crippen LogP contribution in [0.15, 0.2) is 28.2 Å². The summed E-state index contributed by atoms with van der Waals surface area (Å²) in [6.07, 6.45) is 2.62. The number of aromatic nitrogens is 1. The Morgan fingerprint density at radius 1 is 1.21 bits per heavy atom. The smallest absolute Gasteiger partial charge is 0.245 e. The van der Waals surface area contributed by atoms with Gasteiger partial charge in [0.05, 0.1) is 0 Å². The van der Waals surface area contributed by atoms with Crippen LogP contribution in [0.2, 0.25) is 0 Å². The lowest BCUT2D eigenvalue weighted by atomic mass is 9.86. The highest BCUT2D eigenvalue weighted by atomic mass is 32.2. The number of aromatic amines is 1. The molecule has 0 spiro atoms. The second-order valence-electron chi connectivity index (χ2n) is 5.38. The van der Waals surface area contributed by atoms with Crippen molar-refractivity contribution in [3.63, 3.8) is 0 Å². The van der Waals surface area contributed by atoms with Crippen molar-refractivity contribution in [2.75, 3.05) is 6.54 Å². The van der Waals surface area contributed by atoms with Gasteiger partial charge in [-0.25, -0.2) is 13.1 Å². The molecule has 0 saturated heterocycles. The van der Waals surface area contributed by atoms with E-state index in [0.29, 0.717) is 18.4 Å². The van der Waals surface area contributed by atoms with Gasteiger partial charge in [-0.2, -0.15) is 0 Å². The average molecular weight is 286 g/mol. The minimum Gasteiger partial charge on any atom is -0.366 e. The van der Waals surface area contributed by atoms with Gasteiger partial charge < -0.3 is 4.98 Å². The van der Waals surface area contributed by atoms with E-state index in [-0.39, 0.29) is 10.8 Å². The molecule has 0 aliphatic rings. The zero-order valence-electron chi connectivity index (χ0n) is 11.8. The molecule has 1 aromatic heterocycles. The van der Waals surface area contributed by atoms with E-state index in [2.05, 4.69) is 37.4 Å². The molecule has 0 atom stereocenters. The molecule has 0 fully saturated rings. The fourth-order valence-corrected chi connectivity index (χ4v) is 3.26. The highest BCUT2D eigenvalue weighted by molar-refractivity contribution is 7.89. The summed E-state index contributed by atoms with van der Waals surface area (Å²) in [4.78, 5) is 13.9. The van der Waals surface area contributed by atoms with Crippen molar-refractivity contribution in [3.8, 4) is 0 Å². The fraction of sp³-hybridized carbons (Fsp3) is 0.615. The van der Waals surface area contributed by atoms with Gasteiger partial charge in [0.25, 0.3) is 0 Å². The van der Waals surface area contributed by atoms with Gasteiger partial charge in [0.1, 0.15) is 4.90 Å². The normalized spacial score (nSPS) is 12.6. The maximum atomic E-state index is 12.1. The first-order valence-corrected chi connectivity index (χ1v) is 7.90. The summed E-state index contributed by atoms with van der Waals surface area (Å²) < 4.78 is 26.7. The molecular formula is C13H22N2O3S. The molecule has 1 aromatic rings. The summed E-state index contributed by atoms with van der Waals surface area (Å²) in [5.41, 5.74) is -0.503. The molecule has 0 aromatic carbocycles. The lowest BCUT2D eigenvalue weighted by Crippen LogP contribution is -2.35. The van der Waals surface area contributed by atoms with Crippen LogP contribution in [-0.4, -0.2) is 19.9 Å². The average Bonchev–Trinajstić information content (AvgIpc) is 2.28. The molecule has 6 heteroatoms. The van der Waals surface area contributed by atoms with Gasteiger partial charge in [0.2, 0.25) is 15.5 Å². The van der Waals surface area contributed by atoms with Crippen LogP contribution in [0.3, 0.4) is 0 Å². The van der Waals surface area contributed by atoms with Crippen LogP contribution in [-0.2, 0) is 10.0 Å². The summed E-state index contributed by atoms with van der Waals surface area (Å²) in [7, 11) is -3.75. The van der Waals surface area contributed by atoms with Crippen molar-refractivity contribution in [1.82, 2.24) is 9.71 Å². The second-order valence-corrected chi connectivity index (χ2v) is 7.11. The second kappa shape index (κ2) is 6.34. The highest BCUT2D eigenvalue weighted by Crippen LogP contribution is 2.20. The van der Waals surface area contributed by atoms with Crippen molar-refractivity contribution in [3.05, 3.63) is 28.7 Å². The molecule has 108 valence electrons. The number of H-pyrrole nitrogens is 1. The van der Waals surface area contributed by atoms with Gasteiger partial charge in [0.15, 0.2) is 0 Å². The molecular weight excluding hydrogens is 264 g/mol. The summed E-state index contributed by atoms with van der Waals surface area (Å²) in [5.74, 6) is 0.978. The highest BCUT2D eigenvalue weighted by Gasteiger charge is 2.22. The van der Waals surface area contributed by atoms with E-state index in [1.165, 1.54) is 18.5 Å². The molecule has 1 rings (SSSR count). The van der Waals surface area contributed by atoms with Crippen molar-refractivity contribution < 1.29 is 8.42 Å². The molecule has 0 saturated carbocycles. The van der Waals surface area contributed by atoms with Crippen molar-refractivity contribution in [1.29, 1.82) is 0 Å². The quantitative estimate of drug-likeness (QED) is 0.833. The molecule has 0 amide bonds. The molecule has 5 nitrogen and oxygen atoms in total. The molecule has 0 radical (unpaired) electrons. The lowest BCUT2D eigenvalue weighted by molar-refractivity contribution is 0.289. The predicted octanol–water partition coefficient (Wildman–Crippen LogP) is 1.58. The first-order valence-electron chi connectivity index (χ1n) is 6.42. The van der Waals surface area contributed by atoms with E-state index < -0.39 is 15.5 Å². The summed E-state index contributed by atoms with van der Waals surface area (Å²) in [6.45, 7) is 8.59. The molecule has 19 heavy (non-hydrogen) atoms. The SMILES string of the molecule is CC(C)C(CNS(=O)(=O)c1c[nH]ccc1=O)C(C)C. The van der Waals surface area contributed by atoms with Crippen molar-refractivity contribution >= 4 is 10.0 Å². The van der Waals surface area contributed by atoms with Crippen LogP contribution in [0.5, 0.6) is 0 Å². The number of rotatable bonds is 6. The number of nitrogens with one attached hydrogen (secondary N) is 2. The zero-order chi connectivity index (χ0) is 14.6. The largest absolute Gasteiger partial charge is 0.366 e. The number of hydrogen-bond donors (Lipinski definition) is 2. The maximum Gasteiger partial charge on any atom is 0.245 e. The molecule has 2 N–H and O–H groups in total. The number of hydrogen-bond acceptors (Lipinski definition) is 3. The monoisotopic (exact) mass is 286 g/mol. The van der Waals surface area contributed by atoms with E-state index in [1.807, 2.05) is 0 Å². The zero-order valence-corrected chi connectivity index (χ0v) is 12.6. The third-order valence-electron chi connectivity index (χ3n) is 3.30. The Hall–Kier alpha value is -1.14. The van der Waals surface area contributed by atoms with Crippen LogP contribution >= 0.6 is 0 Å². The Morgan fingerprint density at radius 2 is 1.79 bits per heavy atom. The third kappa shape index (κ3) is 4.18.